The summed E-state index contributed by atoms with van der Waals surface area (Å²) in [5.41, 5.74) is 0.441. The summed E-state index contributed by atoms with van der Waals surface area (Å²) in [7, 11) is 0. The molecule has 2 fully saturated rings. The first-order valence-electron chi connectivity index (χ1n) is 5.65. The van der Waals surface area contributed by atoms with E-state index >= 15 is 0 Å². The van der Waals surface area contributed by atoms with Crippen LogP contribution in [0.15, 0.2) is 11.7 Å². The minimum Gasteiger partial charge on any atom is -0.293 e. The van der Waals surface area contributed by atoms with E-state index in [0.717, 1.165) is 19.4 Å². The fourth-order valence-corrected chi connectivity index (χ4v) is 3.25. The molecule has 0 aromatic carbocycles. The Morgan fingerprint density at radius 1 is 1.33 bits per heavy atom. The molecule has 2 aliphatic rings. The smallest absolute Gasteiger partial charge is 0.270 e. The van der Waals surface area contributed by atoms with Gasteiger partial charge < -0.3 is 0 Å². The van der Waals surface area contributed by atoms with Crippen LogP contribution in [0.3, 0.4) is 0 Å². The molecule has 0 amide bonds. The topological polar surface area (TPSA) is 3.24 Å². The third-order valence-electron chi connectivity index (χ3n) is 4.17. The molecule has 0 spiro atoms. The van der Waals surface area contributed by atoms with Gasteiger partial charge >= 0.3 is 0 Å². The molecule has 3 heteroatoms. The van der Waals surface area contributed by atoms with Crippen molar-refractivity contribution in [1.82, 2.24) is 4.90 Å². The predicted molar refractivity (Wildman–Crippen MR) is 56.9 cm³/mol. The van der Waals surface area contributed by atoms with E-state index in [0.29, 0.717) is 18.5 Å². The molecular weight excluding hydrogens is 196 g/mol. The van der Waals surface area contributed by atoms with E-state index in [1.54, 1.807) is 0 Å². The van der Waals surface area contributed by atoms with Crippen LogP contribution >= 0.6 is 0 Å². The summed E-state index contributed by atoms with van der Waals surface area (Å²) < 4.78 is 25.3. The molecule has 0 bridgehead atoms. The summed E-state index contributed by atoms with van der Waals surface area (Å²) in [5.74, 6) is 0. The number of rotatable bonds is 0. The van der Waals surface area contributed by atoms with Crippen molar-refractivity contribution < 1.29 is 8.78 Å². The molecule has 2 heterocycles. The van der Waals surface area contributed by atoms with Gasteiger partial charge in [0.1, 0.15) is 0 Å². The lowest BCUT2D eigenvalue weighted by molar-refractivity contribution is 0.0644. The number of halogens is 2. The van der Waals surface area contributed by atoms with Crippen LogP contribution in [-0.4, -0.2) is 23.5 Å². The molecule has 2 rings (SSSR count). The van der Waals surface area contributed by atoms with Crippen molar-refractivity contribution >= 4 is 0 Å². The van der Waals surface area contributed by atoms with Crippen molar-refractivity contribution in [2.45, 2.75) is 45.6 Å². The second-order valence-electron chi connectivity index (χ2n) is 5.85. The zero-order chi connectivity index (χ0) is 11.3. The summed E-state index contributed by atoms with van der Waals surface area (Å²) in [5, 5.41) is 0. The fraction of sp³-hybridized carbons (Fsp3) is 0.833. The lowest BCUT2D eigenvalue weighted by Gasteiger charge is -2.43. The van der Waals surface area contributed by atoms with Crippen LogP contribution in [0.1, 0.15) is 40.0 Å². The van der Waals surface area contributed by atoms with Crippen LogP contribution in [-0.2, 0) is 0 Å². The third-order valence-corrected chi connectivity index (χ3v) is 4.17. The van der Waals surface area contributed by atoms with Crippen LogP contribution in [0.5, 0.6) is 0 Å². The van der Waals surface area contributed by atoms with Gasteiger partial charge in [0.15, 0.2) is 0 Å². The van der Waals surface area contributed by atoms with E-state index in [1.165, 1.54) is 0 Å². The Bertz CT molecular complexity index is 299. The van der Waals surface area contributed by atoms with Gasteiger partial charge in [0.2, 0.25) is 0 Å². The highest BCUT2D eigenvalue weighted by Gasteiger charge is 2.53. The molecule has 15 heavy (non-hydrogen) atoms. The second-order valence-corrected chi connectivity index (χ2v) is 5.85. The Morgan fingerprint density at radius 2 is 2.00 bits per heavy atom. The fourth-order valence-electron chi connectivity index (χ4n) is 3.25. The van der Waals surface area contributed by atoms with Gasteiger partial charge in [-0.1, -0.05) is 20.8 Å². The maximum Gasteiger partial charge on any atom is 0.270 e. The number of fused-ring (bicyclic) bond motifs is 1. The van der Waals surface area contributed by atoms with E-state index in [-0.39, 0.29) is 11.0 Å². The zero-order valence-electron chi connectivity index (χ0n) is 9.74. The molecule has 86 valence electrons. The van der Waals surface area contributed by atoms with E-state index in [4.69, 9.17) is 0 Å². The van der Waals surface area contributed by atoms with Crippen LogP contribution in [0.25, 0.3) is 0 Å². The monoisotopic (exact) mass is 215 g/mol. The van der Waals surface area contributed by atoms with Crippen LogP contribution in [0, 0.1) is 5.41 Å². The average Bonchev–Trinajstić information content (AvgIpc) is 2.55. The van der Waals surface area contributed by atoms with Crippen LogP contribution < -0.4 is 0 Å². The molecule has 0 aromatic rings. The van der Waals surface area contributed by atoms with Gasteiger partial charge in [0.05, 0.1) is 0 Å². The Balaban J connectivity index is 2.35. The largest absolute Gasteiger partial charge is 0.293 e. The summed E-state index contributed by atoms with van der Waals surface area (Å²) >= 11 is 0. The first kappa shape index (κ1) is 11.1. The molecule has 2 saturated heterocycles. The Labute approximate surface area is 90.1 Å². The van der Waals surface area contributed by atoms with Crippen molar-refractivity contribution in [1.29, 1.82) is 0 Å². The van der Waals surface area contributed by atoms with Gasteiger partial charge in [-0.25, -0.2) is 0 Å². The lowest BCUT2D eigenvalue weighted by atomic mass is 9.70. The minimum atomic E-state index is -1.45. The molecule has 0 aliphatic carbocycles. The van der Waals surface area contributed by atoms with Crippen molar-refractivity contribution in [2.75, 3.05) is 13.1 Å². The molecule has 0 N–H and O–H groups in total. The number of hydrogen-bond acceptors (Lipinski definition) is 1. The number of hydrogen-bond donors (Lipinski definition) is 0. The molecule has 1 unspecified atom stereocenters. The highest BCUT2D eigenvalue weighted by atomic mass is 19.3. The summed E-state index contributed by atoms with van der Waals surface area (Å²) in [6, 6.07) is 0. The third kappa shape index (κ3) is 1.52. The van der Waals surface area contributed by atoms with Gasteiger partial charge in [-0.3, -0.25) is 4.90 Å². The molecule has 0 aromatic heterocycles. The van der Waals surface area contributed by atoms with Crippen molar-refractivity contribution in [3.8, 4) is 0 Å². The van der Waals surface area contributed by atoms with E-state index in [1.807, 2.05) is 0 Å². The highest BCUT2D eigenvalue weighted by Crippen LogP contribution is 2.52. The first-order valence-corrected chi connectivity index (χ1v) is 5.65. The maximum absolute atomic E-state index is 12.7. The molecular formula is C12H19F2N. The second kappa shape index (κ2) is 3.27. The van der Waals surface area contributed by atoms with E-state index < -0.39 is 6.08 Å². The van der Waals surface area contributed by atoms with E-state index in [2.05, 4.69) is 25.7 Å². The highest BCUT2D eigenvalue weighted by molar-refractivity contribution is 5.23. The standard InChI is InChI=1S/C12H19F2N/c1-11(2,3)12-5-4-6-15(12)8-9(7-12)10(13)14/h4-8H2,1-3H3. The summed E-state index contributed by atoms with van der Waals surface area (Å²) in [6.45, 7) is 7.98. The van der Waals surface area contributed by atoms with Crippen molar-refractivity contribution in [2.24, 2.45) is 5.41 Å². The normalized spacial score (nSPS) is 32.2. The van der Waals surface area contributed by atoms with E-state index in [9.17, 15) is 8.78 Å². The molecule has 1 atom stereocenters. The first-order chi connectivity index (χ1) is 6.87. The maximum atomic E-state index is 12.7. The molecule has 1 nitrogen and oxygen atoms in total. The van der Waals surface area contributed by atoms with Gasteiger partial charge in [-0.2, -0.15) is 8.78 Å². The van der Waals surface area contributed by atoms with Gasteiger partial charge in [0, 0.05) is 17.7 Å². The average molecular weight is 215 g/mol. The predicted octanol–water partition coefficient (Wildman–Crippen LogP) is 3.42. The SMILES string of the molecule is CC(C)(C)C12CCCN1CC(=C(F)F)C2. The summed E-state index contributed by atoms with van der Waals surface area (Å²) in [4.78, 5) is 2.27. The van der Waals surface area contributed by atoms with Crippen molar-refractivity contribution in [3.63, 3.8) is 0 Å². The minimum absolute atomic E-state index is 0.00817. The molecule has 0 saturated carbocycles. The van der Waals surface area contributed by atoms with Crippen molar-refractivity contribution in [3.05, 3.63) is 11.7 Å². The lowest BCUT2D eigenvalue weighted by Crippen LogP contribution is -2.48. The Hall–Kier alpha value is -0.440. The molecule has 0 radical (unpaired) electrons. The quantitative estimate of drug-likeness (QED) is 0.598. The number of nitrogens with zero attached hydrogens (tertiary/aromatic N) is 1. The molecule has 2 aliphatic heterocycles. The van der Waals surface area contributed by atoms with Crippen LogP contribution in [0.4, 0.5) is 8.78 Å². The van der Waals surface area contributed by atoms with Gasteiger partial charge in [0.25, 0.3) is 6.08 Å². The van der Waals surface area contributed by atoms with Gasteiger partial charge in [-0.05, 0) is 31.2 Å². The Kier molecular flexibility index (Phi) is 2.41. The Morgan fingerprint density at radius 3 is 2.47 bits per heavy atom. The zero-order valence-corrected chi connectivity index (χ0v) is 9.74. The van der Waals surface area contributed by atoms with Crippen LogP contribution in [0.2, 0.25) is 0 Å². The summed E-state index contributed by atoms with van der Waals surface area (Å²) in [6.07, 6.45) is 1.33. The van der Waals surface area contributed by atoms with Gasteiger partial charge in [-0.15, -0.1) is 0 Å².